The predicted octanol–water partition coefficient (Wildman–Crippen LogP) is 5.75. The van der Waals surface area contributed by atoms with Crippen LogP contribution in [0.4, 0.5) is 0 Å². The van der Waals surface area contributed by atoms with Crippen LogP contribution >= 0.6 is 0 Å². The summed E-state index contributed by atoms with van der Waals surface area (Å²) in [6, 6.07) is 9.28. The van der Waals surface area contributed by atoms with Gasteiger partial charge in [0.05, 0.1) is 0 Å². The van der Waals surface area contributed by atoms with Crippen molar-refractivity contribution in [1.82, 2.24) is 0 Å². The van der Waals surface area contributed by atoms with Gasteiger partial charge in [-0.1, -0.05) is 76.6 Å². The van der Waals surface area contributed by atoms with Crippen molar-refractivity contribution >= 4 is 0 Å². The van der Waals surface area contributed by atoms with E-state index in [1.54, 1.807) is 0 Å². The molecule has 0 spiro atoms. The molecule has 18 heavy (non-hydrogen) atoms. The van der Waals surface area contributed by atoms with Crippen molar-refractivity contribution in [3.8, 4) is 0 Å². The normalized spacial score (nSPS) is 10.8. The van der Waals surface area contributed by atoms with Crippen molar-refractivity contribution in [2.24, 2.45) is 0 Å². The van der Waals surface area contributed by atoms with E-state index in [0.29, 0.717) is 0 Å². The topological polar surface area (TPSA) is 0 Å². The Morgan fingerprint density at radius 1 is 0.722 bits per heavy atom. The maximum Gasteiger partial charge on any atom is -0.0279 e. The molecule has 101 valence electrons. The summed E-state index contributed by atoms with van der Waals surface area (Å²) in [6.45, 7) is 6.14. The maximum absolute atomic E-state index is 3.88. The number of benzene rings is 1. The van der Waals surface area contributed by atoms with Crippen LogP contribution in [0.5, 0.6) is 0 Å². The summed E-state index contributed by atoms with van der Waals surface area (Å²) in [4.78, 5) is 0. The van der Waals surface area contributed by atoms with Crippen LogP contribution < -0.4 is 0 Å². The fourth-order valence-corrected chi connectivity index (χ4v) is 2.31. The van der Waals surface area contributed by atoms with Gasteiger partial charge in [-0.15, -0.1) is 0 Å². The van der Waals surface area contributed by atoms with Crippen LogP contribution in [0.2, 0.25) is 0 Å². The quantitative estimate of drug-likeness (QED) is 0.461. The van der Waals surface area contributed by atoms with Crippen LogP contribution in [0, 0.1) is 6.92 Å². The van der Waals surface area contributed by atoms with Crippen molar-refractivity contribution in [2.45, 2.75) is 71.1 Å². The van der Waals surface area contributed by atoms with Crippen LogP contribution in [0.25, 0.3) is 0 Å². The Balaban J connectivity index is 2.19. The first-order valence-electron chi connectivity index (χ1n) is 7.74. The van der Waals surface area contributed by atoms with Gasteiger partial charge in [0.15, 0.2) is 0 Å². The molecule has 0 saturated heterocycles. The number of aryl methyl sites for hydroxylation is 2. The van der Waals surface area contributed by atoms with E-state index in [9.17, 15) is 0 Å². The third-order valence-electron chi connectivity index (χ3n) is 3.56. The van der Waals surface area contributed by atoms with Gasteiger partial charge in [0.2, 0.25) is 0 Å². The highest BCUT2D eigenvalue weighted by atomic mass is 14.0. The first-order chi connectivity index (χ1) is 8.86. The third-order valence-corrected chi connectivity index (χ3v) is 3.56. The van der Waals surface area contributed by atoms with E-state index < -0.39 is 0 Å². The number of hydrogen-bond acceptors (Lipinski definition) is 0. The van der Waals surface area contributed by atoms with Gasteiger partial charge in [-0.2, -0.15) is 0 Å². The van der Waals surface area contributed by atoms with Gasteiger partial charge in [0, 0.05) is 0 Å². The van der Waals surface area contributed by atoms with Gasteiger partial charge in [-0.05, 0) is 36.8 Å². The van der Waals surface area contributed by atoms with Gasteiger partial charge in [0.25, 0.3) is 0 Å². The largest absolute Gasteiger partial charge is 0.0654 e. The van der Waals surface area contributed by atoms with E-state index in [0.717, 1.165) is 6.42 Å². The van der Waals surface area contributed by atoms with E-state index >= 15 is 0 Å². The van der Waals surface area contributed by atoms with Gasteiger partial charge in [-0.25, -0.2) is 0 Å². The first kappa shape index (κ1) is 15.3. The van der Waals surface area contributed by atoms with Gasteiger partial charge >= 0.3 is 0 Å². The predicted molar refractivity (Wildman–Crippen MR) is 81.8 cm³/mol. The Labute approximate surface area is 114 Å². The van der Waals surface area contributed by atoms with Crippen LogP contribution in [0.15, 0.2) is 24.3 Å². The first-order valence-corrected chi connectivity index (χ1v) is 7.74. The van der Waals surface area contributed by atoms with E-state index in [1.807, 2.05) is 0 Å². The minimum absolute atomic E-state index is 1.09. The fraction of sp³-hybridized carbons (Fsp3) is 0.611. The van der Waals surface area contributed by atoms with Crippen LogP contribution in [0.3, 0.4) is 0 Å². The van der Waals surface area contributed by atoms with Gasteiger partial charge in [-0.3, -0.25) is 0 Å². The number of hydrogen-bond donors (Lipinski definition) is 0. The summed E-state index contributed by atoms with van der Waals surface area (Å²) in [7, 11) is 0. The molecule has 1 aromatic rings. The maximum atomic E-state index is 3.88. The number of unbranched alkanes of at least 4 members (excludes halogenated alkanes) is 6. The summed E-state index contributed by atoms with van der Waals surface area (Å²) in [6.07, 6.45) is 12.9. The highest BCUT2D eigenvalue weighted by molar-refractivity contribution is 5.22. The monoisotopic (exact) mass is 245 g/mol. The lowest BCUT2D eigenvalue weighted by atomic mass is 10.0. The Morgan fingerprint density at radius 2 is 1.22 bits per heavy atom. The molecule has 0 bridgehead atoms. The Hall–Kier alpha value is -0.780. The van der Waals surface area contributed by atoms with E-state index in [4.69, 9.17) is 0 Å². The zero-order valence-electron chi connectivity index (χ0n) is 12.1. The molecule has 0 nitrogen and oxygen atoms in total. The summed E-state index contributed by atoms with van der Waals surface area (Å²) in [5.74, 6) is 0. The average molecular weight is 245 g/mol. The zero-order valence-corrected chi connectivity index (χ0v) is 12.1. The molecule has 1 aromatic carbocycles. The fourth-order valence-electron chi connectivity index (χ4n) is 2.31. The van der Waals surface area contributed by atoms with Gasteiger partial charge < -0.3 is 0 Å². The molecule has 0 atom stereocenters. The van der Waals surface area contributed by atoms with Crippen molar-refractivity contribution < 1.29 is 0 Å². The molecule has 0 amide bonds. The molecule has 0 unspecified atom stereocenters. The molecule has 0 fully saturated rings. The molecule has 0 saturated carbocycles. The molecule has 0 aliphatic rings. The lowest BCUT2D eigenvalue weighted by Gasteiger charge is -2.04. The average Bonchev–Trinajstić information content (AvgIpc) is 2.40. The highest BCUT2D eigenvalue weighted by Crippen LogP contribution is 2.12. The second-order valence-electron chi connectivity index (χ2n) is 5.29. The summed E-state index contributed by atoms with van der Waals surface area (Å²) in [5, 5.41) is 0. The Morgan fingerprint density at radius 3 is 1.72 bits per heavy atom. The second-order valence-corrected chi connectivity index (χ2v) is 5.29. The summed E-state index contributed by atoms with van der Waals surface area (Å²) < 4.78 is 0. The second kappa shape index (κ2) is 10.2. The van der Waals surface area contributed by atoms with E-state index in [1.165, 1.54) is 68.9 Å². The molecule has 0 N–H and O–H groups in total. The Kier molecular flexibility index (Phi) is 8.63. The molecule has 0 heterocycles. The van der Waals surface area contributed by atoms with Crippen LogP contribution in [-0.4, -0.2) is 0 Å². The van der Waals surface area contributed by atoms with Crippen LogP contribution in [0.1, 0.15) is 69.4 Å². The van der Waals surface area contributed by atoms with E-state index in [-0.39, 0.29) is 0 Å². The molecule has 1 rings (SSSR count). The molecule has 0 heteroatoms. The van der Waals surface area contributed by atoms with Gasteiger partial charge in [0.1, 0.15) is 0 Å². The van der Waals surface area contributed by atoms with Crippen molar-refractivity contribution in [3.05, 3.63) is 42.3 Å². The molecular formula is C18H29. The minimum Gasteiger partial charge on any atom is -0.0654 e. The van der Waals surface area contributed by atoms with Crippen LogP contribution in [-0.2, 0) is 12.8 Å². The van der Waals surface area contributed by atoms with Crippen molar-refractivity contribution in [2.75, 3.05) is 0 Å². The number of rotatable bonds is 10. The minimum atomic E-state index is 1.09. The van der Waals surface area contributed by atoms with E-state index in [2.05, 4.69) is 38.1 Å². The van der Waals surface area contributed by atoms with Crippen molar-refractivity contribution in [3.63, 3.8) is 0 Å². The lowest BCUT2D eigenvalue weighted by Crippen LogP contribution is -1.89. The molecule has 0 aliphatic heterocycles. The smallest absolute Gasteiger partial charge is 0.0279 e. The molecule has 0 aliphatic carbocycles. The zero-order chi connectivity index (χ0) is 13.1. The third kappa shape index (κ3) is 6.83. The molecular weight excluding hydrogens is 216 g/mol. The summed E-state index contributed by atoms with van der Waals surface area (Å²) in [5.41, 5.74) is 3.01. The standard InChI is InChI=1S/C18H29/c1-3-5-7-8-10-12-18-15-13-17(14-16-18)11-9-6-4-2/h13-16H,1,3-12H2,2H3. The molecule has 1 radical (unpaired) electrons. The molecule has 0 aromatic heterocycles. The highest BCUT2D eigenvalue weighted by Gasteiger charge is 1.96. The van der Waals surface area contributed by atoms with Crippen molar-refractivity contribution in [1.29, 1.82) is 0 Å². The lowest BCUT2D eigenvalue weighted by molar-refractivity contribution is 0.645. The Bertz CT molecular complexity index is 283. The SMILES string of the molecule is [CH2]CCCCCCc1ccc(CCCCC)cc1. The summed E-state index contributed by atoms with van der Waals surface area (Å²) >= 11 is 0.